The van der Waals surface area contributed by atoms with Gasteiger partial charge in [-0.15, -0.1) is 0 Å². The van der Waals surface area contributed by atoms with E-state index in [2.05, 4.69) is 5.32 Å². The van der Waals surface area contributed by atoms with Gasteiger partial charge in [0.25, 0.3) is 5.91 Å². The second-order valence-corrected chi connectivity index (χ2v) is 5.62. The number of hydrogen-bond acceptors (Lipinski definition) is 3. The number of nitrogens with one attached hydrogen (secondary N) is 1. The number of carboxylic acids is 1. The van der Waals surface area contributed by atoms with Crippen molar-refractivity contribution in [1.29, 1.82) is 0 Å². The van der Waals surface area contributed by atoms with Crippen molar-refractivity contribution in [3.63, 3.8) is 0 Å². The average Bonchev–Trinajstić information content (AvgIpc) is 3.12. The first-order valence-corrected chi connectivity index (χ1v) is 7.10. The van der Waals surface area contributed by atoms with Gasteiger partial charge in [0.15, 0.2) is 0 Å². The molecule has 0 bridgehead atoms. The average molecular weight is 287 g/mol. The smallest absolute Gasteiger partial charge is 0.311 e. The summed E-state index contributed by atoms with van der Waals surface area (Å²) in [6, 6.07) is 7.29. The van der Waals surface area contributed by atoms with Crippen molar-refractivity contribution in [1.82, 2.24) is 5.32 Å². The van der Waals surface area contributed by atoms with Crippen LogP contribution in [0.2, 0.25) is 0 Å². The zero-order valence-corrected chi connectivity index (χ0v) is 11.6. The number of furan rings is 1. The highest BCUT2D eigenvalue weighted by molar-refractivity contribution is 6.06. The number of hydrogen-bond donors (Lipinski definition) is 2. The molecule has 1 fully saturated rings. The lowest BCUT2D eigenvalue weighted by molar-refractivity contribution is -0.148. The molecule has 5 heteroatoms. The van der Waals surface area contributed by atoms with Crippen LogP contribution in [0.25, 0.3) is 11.0 Å². The van der Waals surface area contributed by atoms with Crippen molar-refractivity contribution >= 4 is 22.8 Å². The Balaban J connectivity index is 1.76. The Morgan fingerprint density at radius 1 is 1.24 bits per heavy atom. The molecule has 0 atom stereocenters. The highest BCUT2D eigenvalue weighted by Gasteiger charge is 2.41. The molecule has 1 saturated carbocycles. The predicted molar refractivity (Wildman–Crippen MR) is 77.1 cm³/mol. The maximum atomic E-state index is 12.3. The van der Waals surface area contributed by atoms with Gasteiger partial charge in [-0.25, -0.2) is 0 Å². The molecule has 110 valence electrons. The van der Waals surface area contributed by atoms with Gasteiger partial charge in [-0.1, -0.05) is 31.0 Å². The van der Waals surface area contributed by atoms with E-state index in [0.717, 1.165) is 18.2 Å². The summed E-state index contributed by atoms with van der Waals surface area (Å²) in [6.45, 7) is 0.167. The Labute approximate surface area is 121 Å². The minimum atomic E-state index is -0.822. The van der Waals surface area contributed by atoms with Crippen LogP contribution in [0.1, 0.15) is 36.0 Å². The number of benzene rings is 1. The molecule has 21 heavy (non-hydrogen) atoms. The Kier molecular flexibility index (Phi) is 3.41. The SMILES string of the molecule is O=C(NCC1(C(=O)O)CCCC1)c1coc2ccccc12. The first-order chi connectivity index (χ1) is 10.1. The Morgan fingerprint density at radius 2 is 1.95 bits per heavy atom. The van der Waals surface area contributed by atoms with Gasteiger partial charge in [0.1, 0.15) is 11.8 Å². The molecule has 3 rings (SSSR count). The van der Waals surface area contributed by atoms with Gasteiger partial charge in [0.2, 0.25) is 0 Å². The molecule has 1 amide bonds. The summed E-state index contributed by atoms with van der Waals surface area (Å²) in [5.74, 6) is -1.11. The van der Waals surface area contributed by atoms with Crippen molar-refractivity contribution in [2.45, 2.75) is 25.7 Å². The van der Waals surface area contributed by atoms with E-state index in [4.69, 9.17) is 4.42 Å². The Bertz CT molecular complexity index is 682. The van der Waals surface area contributed by atoms with Gasteiger partial charge in [-0.3, -0.25) is 9.59 Å². The van der Waals surface area contributed by atoms with Crippen LogP contribution in [0.4, 0.5) is 0 Å². The van der Waals surface area contributed by atoms with Crippen LogP contribution in [0.15, 0.2) is 34.9 Å². The Morgan fingerprint density at radius 3 is 2.67 bits per heavy atom. The molecule has 5 nitrogen and oxygen atoms in total. The van der Waals surface area contributed by atoms with E-state index in [1.54, 1.807) is 6.07 Å². The molecule has 2 aromatic rings. The molecule has 1 aromatic heterocycles. The molecule has 1 heterocycles. The van der Waals surface area contributed by atoms with Gasteiger partial charge in [0.05, 0.1) is 11.0 Å². The lowest BCUT2D eigenvalue weighted by Crippen LogP contribution is -2.41. The first-order valence-electron chi connectivity index (χ1n) is 7.10. The fourth-order valence-corrected chi connectivity index (χ4v) is 3.02. The van der Waals surface area contributed by atoms with Crippen molar-refractivity contribution in [3.8, 4) is 0 Å². The number of rotatable bonds is 4. The molecule has 0 saturated heterocycles. The van der Waals surface area contributed by atoms with E-state index in [9.17, 15) is 14.7 Å². The topological polar surface area (TPSA) is 79.5 Å². The third-order valence-corrected chi connectivity index (χ3v) is 4.33. The van der Waals surface area contributed by atoms with Crippen LogP contribution in [0.5, 0.6) is 0 Å². The molecule has 0 radical (unpaired) electrons. The third kappa shape index (κ3) is 2.39. The van der Waals surface area contributed by atoms with E-state index in [1.807, 2.05) is 18.2 Å². The quantitative estimate of drug-likeness (QED) is 0.906. The van der Waals surface area contributed by atoms with Crippen molar-refractivity contribution < 1.29 is 19.1 Å². The Hall–Kier alpha value is -2.30. The molecular formula is C16H17NO4. The molecule has 0 aliphatic heterocycles. The molecule has 0 unspecified atom stereocenters. The summed E-state index contributed by atoms with van der Waals surface area (Å²) in [5.41, 5.74) is 0.287. The minimum absolute atomic E-state index is 0.167. The molecule has 1 aromatic carbocycles. The van der Waals surface area contributed by atoms with Crippen LogP contribution in [-0.4, -0.2) is 23.5 Å². The monoisotopic (exact) mass is 287 g/mol. The highest BCUT2D eigenvalue weighted by Crippen LogP contribution is 2.37. The molecule has 1 aliphatic rings. The van der Waals surface area contributed by atoms with Crippen molar-refractivity contribution in [2.24, 2.45) is 5.41 Å². The summed E-state index contributed by atoms with van der Waals surface area (Å²) in [5, 5.41) is 12.9. The van der Waals surface area contributed by atoms with Gasteiger partial charge in [-0.05, 0) is 18.9 Å². The van der Waals surface area contributed by atoms with Crippen LogP contribution < -0.4 is 5.32 Å². The highest BCUT2D eigenvalue weighted by atomic mass is 16.4. The number of amides is 1. The minimum Gasteiger partial charge on any atom is -0.481 e. The number of para-hydroxylation sites is 1. The number of carboxylic acid groups (broad SMARTS) is 1. The summed E-state index contributed by atoms with van der Waals surface area (Å²) < 4.78 is 5.34. The predicted octanol–water partition coefficient (Wildman–Crippen LogP) is 2.81. The van der Waals surface area contributed by atoms with Gasteiger partial charge < -0.3 is 14.8 Å². The van der Waals surface area contributed by atoms with Gasteiger partial charge >= 0.3 is 5.97 Å². The summed E-state index contributed by atoms with van der Waals surface area (Å²) in [4.78, 5) is 23.7. The number of carbonyl (C=O) groups excluding carboxylic acids is 1. The number of aliphatic carboxylic acids is 1. The third-order valence-electron chi connectivity index (χ3n) is 4.33. The summed E-state index contributed by atoms with van der Waals surface area (Å²) >= 11 is 0. The maximum Gasteiger partial charge on any atom is 0.311 e. The lowest BCUT2D eigenvalue weighted by Gasteiger charge is -2.23. The zero-order chi connectivity index (χ0) is 14.9. The summed E-state index contributed by atoms with van der Waals surface area (Å²) in [6.07, 6.45) is 4.46. The summed E-state index contributed by atoms with van der Waals surface area (Å²) in [7, 11) is 0. The largest absolute Gasteiger partial charge is 0.481 e. The molecular weight excluding hydrogens is 270 g/mol. The molecule has 2 N–H and O–H groups in total. The molecule has 1 aliphatic carbocycles. The van der Waals surface area contributed by atoms with Crippen LogP contribution in [-0.2, 0) is 4.79 Å². The first kappa shape index (κ1) is 13.7. The maximum absolute atomic E-state index is 12.3. The second kappa shape index (κ2) is 5.24. The number of fused-ring (bicyclic) bond motifs is 1. The zero-order valence-electron chi connectivity index (χ0n) is 11.6. The number of carbonyl (C=O) groups is 2. The molecule has 0 spiro atoms. The van der Waals surface area contributed by atoms with E-state index < -0.39 is 11.4 Å². The van der Waals surface area contributed by atoms with E-state index in [1.165, 1.54) is 6.26 Å². The van der Waals surface area contributed by atoms with Gasteiger partial charge in [0, 0.05) is 11.9 Å². The lowest BCUT2D eigenvalue weighted by atomic mass is 9.86. The van der Waals surface area contributed by atoms with E-state index in [0.29, 0.717) is 24.0 Å². The fourth-order valence-electron chi connectivity index (χ4n) is 3.02. The second-order valence-electron chi connectivity index (χ2n) is 5.62. The van der Waals surface area contributed by atoms with Crippen LogP contribution >= 0.6 is 0 Å². The fraction of sp³-hybridized carbons (Fsp3) is 0.375. The van der Waals surface area contributed by atoms with E-state index in [-0.39, 0.29) is 12.5 Å². The van der Waals surface area contributed by atoms with Gasteiger partial charge in [-0.2, -0.15) is 0 Å². The van der Waals surface area contributed by atoms with Crippen molar-refractivity contribution in [3.05, 3.63) is 36.1 Å². The van der Waals surface area contributed by atoms with Crippen molar-refractivity contribution in [2.75, 3.05) is 6.54 Å². The van der Waals surface area contributed by atoms with Crippen LogP contribution in [0.3, 0.4) is 0 Å². The van der Waals surface area contributed by atoms with E-state index >= 15 is 0 Å². The standard InChI is InChI=1S/C16H17NO4/c18-14(12-9-21-13-6-2-1-5-11(12)13)17-10-16(15(19)20)7-3-4-8-16/h1-2,5-6,9H,3-4,7-8,10H2,(H,17,18)(H,19,20). The van der Waals surface area contributed by atoms with Crippen LogP contribution in [0, 0.1) is 5.41 Å². The normalized spacial score (nSPS) is 17.0.